The average molecular weight is 317 g/mol. The zero-order chi connectivity index (χ0) is 16.3. The van der Waals surface area contributed by atoms with Crippen molar-refractivity contribution in [2.75, 3.05) is 0 Å². The summed E-state index contributed by atoms with van der Waals surface area (Å²) >= 11 is 0. The van der Waals surface area contributed by atoms with E-state index in [-0.39, 0.29) is 5.75 Å². The smallest absolute Gasteiger partial charge is 0.324 e. The molecule has 1 aromatic rings. The lowest BCUT2D eigenvalue weighted by Crippen LogP contribution is -2.42. The topological polar surface area (TPSA) is 72.5 Å². The number of esters is 1. The summed E-state index contributed by atoms with van der Waals surface area (Å²) in [5.74, 6) is -1.42. The van der Waals surface area contributed by atoms with Crippen LogP contribution in [-0.4, -0.2) is 26.0 Å². The summed E-state index contributed by atoms with van der Waals surface area (Å²) in [7, 11) is -3.72. The molecule has 0 aliphatic rings. The Balaban J connectivity index is 2.67. The summed E-state index contributed by atoms with van der Waals surface area (Å²) < 4.78 is 44.0. The minimum atomic E-state index is -3.72. The molecule has 0 unspecified atom stereocenters. The molecule has 1 N–H and O–H groups in total. The number of hydrogen-bond donors (Lipinski definition) is 1. The van der Waals surface area contributed by atoms with E-state index in [1.165, 1.54) is 31.2 Å². The maximum absolute atomic E-state index is 12.8. The molecule has 0 bridgehead atoms. The molecule has 118 valence electrons. The molecule has 0 saturated carbocycles. The first-order chi connectivity index (χ1) is 9.48. The van der Waals surface area contributed by atoms with Crippen LogP contribution in [0.25, 0.3) is 0 Å². The third kappa shape index (κ3) is 6.68. The molecule has 1 aromatic carbocycles. The van der Waals surface area contributed by atoms with Crippen LogP contribution in [0.5, 0.6) is 0 Å². The van der Waals surface area contributed by atoms with Crippen LogP contribution in [0.3, 0.4) is 0 Å². The number of hydrogen-bond acceptors (Lipinski definition) is 4. The highest BCUT2D eigenvalue weighted by Gasteiger charge is 2.25. The largest absolute Gasteiger partial charge is 0.459 e. The molecule has 1 rings (SSSR count). The van der Waals surface area contributed by atoms with Gasteiger partial charge in [-0.15, -0.1) is 0 Å². The van der Waals surface area contributed by atoms with Gasteiger partial charge in [0.25, 0.3) is 0 Å². The first kappa shape index (κ1) is 17.6. The second-order valence-electron chi connectivity index (χ2n) is 5.76. The monoisotopic (exact) mass is 317 g/mol. The molecule has 1 atom stereocenters. The number of benzene rings is 1. The normalized spacial score (nSPS) is 13.8. The van der Waals surface area contributed by atoms with Crippen molar-refractivity contribution in [3.05, 3.63) is 35.6 Å². The number of carbonyl (C=O) groups is 1. The van der Waals surface area contributed by atoms with E-state index in [9.17, 15) is 17.6 Å². The predicted molar refractivity (Wildman–Crippen MR) is 77.5 cm³/mol. The molecule has 0 aromatic heterocycles. The van der Waals surface area contributed by atoms with E-state index in [2.05, 4.69) is 4.72 Å². The summed E-state index contributed by atoms with van der Waals surface area (Å²) in [6.45, 7) is 6.51. The summed E-state index contributed by atoms with van der Waals surface area (Å²) in [4.78, 5) is 11.7. The fourth-order valence-corrected chi connectivity index (χ4v) is 2.90. The van der Waals surface area contributed by atoms with Crippen molar-refractivity contribution in [1.82, 2.24) is 4.72 Å². The second kappa shape index (κ2) is 6.53. The fraction of sp³-hybridized carbons (Fsp3) is 0.500. The van der Waals surface area contributed by atoms with Gasteiger partial charge >= 0.3 is 5.97 Å². The Hall–Kier alpha value is -1.47. The van der Waals surface area contributed by atoms with Crippen LogP contribution in [0, 0.1) is 5.82 Å². The Morgan fingerprint density at radius 3 is 2.29 bits per heavy atom. The highest BCUT2D eigenvalue weighted by molar-refractivity contribution is 7.88. The standard InChI is InChI=1S/C14H20FNO4S/c1-10(13(17)20-14(2,3)4)16-21(18,19)9-11-5-7-12(15)8-6-11/h5-8,10,16H,9H2,1-4H3/t10-/m1/s1. The third-order valence-electron chi connectivity index (χ3n) is 2.39. The van der Waals surface area contributed by atoms with Crippen LogP contribution >= 0.6 is 0 Å². The molecule has 0 heterocycles. The first-order valence-corrected chi connectivity index (χ1v) is 8.11. The van der Waals surface area contributed by atoms with Crippen molar-refractivity contribution < 1.29 is 22.3 Å². The molecule has 0 radical (unpaired) electrons. The van der Waals surface area contributed by atoms with Gasteiger partial charge in [0.05, 0.1) is 5.75 Å². The van der Waals surface area contributed by atoms with Gasteiger partial charge in [-0.3, -0.25) is 4.79 Å². The highest BCUT2D eigenvalue weighted by atomic mass is 32.2. The van der Waals surface area contributed by atoms with E-state index < -0.39 is 33.5 Å². The fourth-order valence-electron chi connectivity index (χ4n) is 1.55. The van der Waals surface area contributed by atoms with E-state index in [1.54, 1.807) is 20.8 Å². The van der Waals surface area contributed by atoms with Gasteiger partial charge in [0, 0.05) is 0 Å². The summed E-state index contributed by atoms with van der Waals surface area (Å²) in [5, 5.41) is 0. The van der Waals surface area contributed by atoms with E-state index in [0.29, 0.717) is 5.56 Å². The molecule has 0 aliphatic heterocycles. The maximum Gasteiger partial charge on any atom is 0.324 e. The van der Waals surface area contributed by atoms with Crippen LogP contribution in [0.4, 0.5) is 4.39 Å². The van der Waals surface area contributed by atoms with E-state index in [0.717, 1.165) is 0 Å². The second-order valence-corrected chi connectivity index (χ2v) is 7.51. The number of rotatable bonds is 5. The first-order valence-electron chi connectivity index (χ1n) is 6.46. The van der Waals surface area contributed by atoms with Crippen molar-refractivity contribution >= 4 is 16.0 Å². The molecular formula is C14H20FNO4S. The maximum atomic E-state index is 12.8. The number of nitrogens with one attached hydrogen (secondary N) is 1. The lowest BCUT2D eigenvalue weighted by molar-refractivity contribution is -0.156. The molecule has 0 saturated heterocycles. The van der Waals surface area contributed by atoms with Gasteiger partial charge in [0.15, 0.2) is 0 Å². The van der Waals surface area contributed by atoms with E-state index in [1.807, 2.05) is 0 Å². The number of ether oxygens (including phenoxy) is 1. The van der Waals surface area contributed by atoms with Gasteiger partial charge in [0.1, 0.15) is 17.5 Å². The van der Waals surface area contributed by atoms with Crippen molar-refractivity contribution in [2.45, 2.75) is 45.1 Å². The quantitative estimate of drug-likeness (QED) is 0.843. The summed E-state index contributed by atoms with van der Waals surface area (Å²) in [5.41, 5.74) is -0.256. The zero-order valence-electron chi connectivity index (χ0n) is 12.5. The van der Waals surface area contributed by atoms with Crippen molar-refractivity contribution in [3.8, 4) is 0 Å². The van der Waals surface area contributed by atoms with Gasteiger partial charge in [0.2, 0.25) is 10.0 Å². The molecular weight excluding hydrogens is 297 g/mol. The van der Waals surface area contributed by atoms with Crippen LogP contribution < -0.4 is 4.72 Å². The molecule has 0 aliphatic carbocycles. The number of carbonyl (C=O) groups excluding carboxylic acids is 1. The van der Waals surface area contributed by atoms with Gasteiger partial charge < -0.3 is 4.74 Å². The summed E-state index contributed by atoms with van der Waals surface area (Å²) in [6, 6.07) is 4.14. The average Bonchev–Trinajstić information content (AvgIpc) is 2.29. The molecule has 0 fully saturated rings. The molecule has 21 heavy (non-hydrogen) atoms. The third-order valence-corrected chi connectivity index (χ3v) is 3.81. The van der Waals surface area contributed by atoms with Gasteiger partial charge in [-0.25, -0.2) is 17.5 Å². The van der Waals surface area contributed by atoms with Crippen molar-refractivity contribution in [3.63, 3.8) is 0 Å². The summed E-state index contributed by atoms with van der Waals surface area (Å²) in [6.07, 6.45) is 0. The Morgan fingerprint density at radius 2 is 1.81 bits per heavy atom. The van der Waals surface area contributed by atoms with Crippen molar-refractivity contribution in [2.24, 2.45) is 0 Å². The lowest BCUT2D eigenvalue weighted by atomic mass is 10.2. The van der Waals surface area contributed by atoms with Crippen LogP contribution in [0.2, 0.25) is 0 Å². The number of sulfonamides is 1. The Morgan fingerprint density at radius 1 is 1.29 bits per heavy atom. The SMILES string of the molecule is C[C@@H](NS(=O)(=O)Cc1ccc(F)cc1)C(=O)OC(C)(C)C. The zero-order valence-corrected chi connectivity index (χ0v) is 13.3. The van der Waals surface area contributed by atoms with E-state index in [4.69, 9.17) is 4.74 Å². The van der Waals surface area contributed by atoms with Gasteiger partial charge in [-0.1, -0.05) is 12.1 Å². The van der Waals surface area contributed by atoms with Crippen LogP contribution in [-0.2, 0) is 25.3 Å². The van der Waals surface area contributed by atoms with Crippen molar-refractivity contribution in [1.29, 1.82) is 0 Å². The van der Waals surface area contributed by atoms with Gasteiger partial charge in [-0.2, -0.15) is 0 Å². The highest BCUT2D eigenvalue weighted by Crippen LogP contribution is 2.10. The van der Waals surface area contributed by atoms with Crippen LogP contribution in [0.1, 0.15) is 33.3 Å². The molecule has 7 heteroatoms. The van der Waals surface area contributed by atoms with E-state index >= 15 is 0 Å². The van der Waals surface area contributed by atoms with Crippen LogP contribution in [0.15, 0.2) is 24.3 Å². The predicted octanol–water partition coefficient (Wildman–Crippen LogP) is 1.98. The lowest BCUT2D eigenvalue weighted by Gasteiger charge is -2.22. The minimum Gasteiger partial charge on any atom is -0.459 e. The minimum absolute atomic E-state index is 0.333. The molecule has 5 nitrogen and oxygen atoms in total. The Kier molecular flexibility index (Phi) is 5.47. The van der Waals surface area contributed by atoms with Gasteiger partial charge in [-0.05, 0) is 45.4 Å². The molecule has 0 spiro atoms. The molecule has 0 amide bonds. The number of halogens is 1. The Bertz CT molecular complexity index is 590. The Labute approximate surface area is 124 Å².